The normalized spacial score (nSPS) is 16.3. The molecule has 0 aromatic carbocycles. The molecule has 1 heterocycles. The highest BCUT2D eigenvalue weighted by molar-refractivity contribution is 5.82. The molecule has 2 rings (SSSR count). The average molecular weight is 212 g/mol. The maximum absolute atomic E-state index is 10.4. The molecule has 1 saturated carbocycles. The van der Waals surface area contributed by atoms with Gasteiger partial charge >= 0.3 is 5.97 Å². The van der Waals surface area contributed by atoms with Gasteiger partial charge in [0.15, 0.2) is 0 Å². The molecule has 0 radical (unpaired) electrons. The van der Waals surface area contributed by atoms with E-state index in [0.717, 1.165) is 12.8 Å². The van der Waals surface area contributed by atoms with Gasteiger partial charge in [-0.3, -0.25) is 0 Å². The topological polar surface area (TPSA) is 85.5 Å². The van der Waals surface area contributed by atoms with E-state index in [9.17, 15) is 4.79 Å². The highest BCUT2D eigenvalue weighted by atomic mass is 16.5. The number of nitrogens with zero attached hydrogens (tertiary/aromatic N) is 2. The molecule has 82 valence electrons. The molecule has 0 unspecified atom stereocenters. The number of aromatic carboxylic acids is 1. The number of carboxylic acids is 1. The van der Waals surface area contributed by atoms with Crippen LogP contribution in [0.4, 0.5) is 0 Å². The van der Waals surface area contributed by atoms with Gasteiger partial charge in [-0.05, 0) is 24.4 Å². The van der Waals surface area contributed by atoms with Gasteiger partial charge in [0.05, 0.1) is 19.1 Å². The van der Waals surface area contributed by atoms with Gasteiger partial charge in [0.1, 0.15) is 0 Å². The molecule has 1 aliphatic carbocycles. The Bertz CT molecular complexity index is 346. The number of ether oxygens (including phenoxy) is 1. The maximum atomic E-state index is 10.4. The average Bonchev–Trinajstić information content (AvgIpc) is 2.57. The van der Waals surface area contributed by atoms with Crippen molar-refractivity contribution in [3.05, 3.63) is 11.7 Å². The number of carboxylic acid groups (broad SMARTS) is 1. The summed E-state index contributed by atoms with van der Waals surface area (Å²) in [5, 5.41) is 11.8. The van der Waals surface area contributed by atoms with Crippen molar-refractivity contribution in [3.63, 3.8) is 0 Å². The first-order valence-corrected chi connectivity index (χ1v) is 4.93. The Kier molecular flexibility index (Phi) is 2.96. The Morgan fingerprint density at radius 3 is 2.93 bits per heavy atom. The molecule has 0 spiro atoms. The predicted molar refractivity (Wildman–Crippen MR) is 48.6 cm³/mol. The standard InChI is InChI=1S/C9H12N2O4/c12-9(13)8-10-7(15-11-8)4-5-14-6-2-1-3-6/h6H,1-5H2,(H,12,13). The van der Waals surface area contributed by atoms with E-state index >= 15 is 0 Å². The first-order valence-electron chi connectivity index (χ1n) is 4.93. The van der Waals surface area contributed by atoms with Gasteiger partial charge in [0.2, 0.25) is 5.89 Å². The summed E-state index contributed by atoms with van der Waals surface area (Å²) >= 11 is 0. The summed E-state index contributed by atoms with van der Waals surface area (Å²) < 4.78 is 10.2. The molecule has 0 saturated heterocycles. The number of hydrogen-bond donors (Lipinski definition) is 1. The number of carbonyl (C=O) groups is 1. The summed E-state index contributed by atoms with van der Waals surface area (Å²) in [6.07, 6.45) is 4.30. The zero-order valence-corrected chi connectivity index (χ0v) is 8.18. The Hall–Kier alpha value is -1.43. The Balaban J connectivity index is 1.75. The lowest BCUT2D eigenvalue weighted by molar-refractivity contribution is 0.00199. The van der Waals surface area contributed by atoms with Gasteiger partial charge < -0.3 is 14.4 Å². The maximum Gasteiger partial charge on any atom is 0.377 e. The van der Waals surface area contributed by atoms with E-state index < -0.39 is 5.97 Å². The second-order valence-corrected chi connectivity index (χ2v) is 3.49. The fourth-order valence-corrected chi connectivity index (χ4v) is 1.29. The quantitative estimate of drug-likeness (QED) is 0.779. The third kappa shape index (κ3) is 2.53. The molecule has 1 N–H and O–H groups in total. The summed E-state index contributed by atoms with van der Waals surface area (Å²) in [5.41, 5.74) is 0. The zero-order valence-electron chi connectivity index (χ0n) is 8.18. The largest absolute Gasteiger partial charge is 0.475 e. The second-order valence-electron chi connectivity index (χ2n) is 3.49. The molecule has 0 atom stereocenters. The van der Waals surface area contributed by atoms with Crippen LogP contribution in [0.25, 0.3) is 0 Å². The minimum atomic E-state index is -1.18. The van der Waals surface area contributed by atoms with E-state index in [0.29, 0.717) is 25.0 Å². The van der Waals surface area contributed by atoms with Crippen molar-refractivity contribution < 1.29 is 19.2 Å². The van der Waals surface area contributed by atoms with Crippen LogP contribution in [0.3, 0.4) is 0 Å². The van der Waals surface area contributed by atoms with Crippen LogP contribution in [0.2, 0.25) is 0 Å². The van der Waals surface area contributed by atoms with Crippen LogP contribution in [0.1, 0.15) is 35.8 Å². The van der Waals surface area contributed by atoms with Crippen molar-refractivity contribution in [1.29, 1.82) is 0 Å². The van der Waals surface area contributed by atoms with E-state index in [-0.39, 0.29) is 5.82 Å². The van der Waals surface area contributed by atoms with Crippen molar-refractivity contribution >= 4 is 5.97 Å². The van der Waals surface area contributed by atoms with E-state index in [2.05, 4.69) is 10.1 Å². The lowest BCUT2D eigenvalue weighted by Gasteiger charge is -2.25. The van der Waals surface area contributed by atoms with E-state index in [4.69, 9.17) is 14.4 Å². The van der Waals surface area contributed by atoms with Gasteiger partial charge in [-0.1, -0.05) is 0 Å². The van der Waals surface area contributed by atoms with Crippen molar-refractivity contribution in [3.8, 4) is 0 Å². The van der Waals surface area contributed by atoms with Gasteiger partial charge in [-0.15, -0.1) is 0 Å². The lowest BCUT2D eigenvalue weighted by Crippen LogP contribution is -2.22. The molecule has 1 aromatic rings. The van der Waals surface area contributed by atoms with Gasteiger partial charge in [0.25, 0.3) is 5.82 Å². The summed E-state index contributed by atoms with van der Waals surface area (Å²) in [5.74, 6) is -1.16. The summed E-state index contributed by atoms with van der Waals surface area (Å²) in [7, 11) is 0. The van der Waals surface area contributed by atoms with Crippen molar-refractivity contribution in [2.24, 2.45) is 0 Å². The lowest BCUT2D eigenvalue weighted by atomic mass is 9.96. The van der Waals surface area contributed by atoms with E-state index in [1.165, 1.54) is 6.42 Å². The Morgan fingerprint density at radius 2 is 2.40 bits per heavy atom. The number of hydrogen-bond acceptors (Lipinski definition) is 5. The van der Waals surface area contributed by atoms with Crippen molar-refractivity contribution in [2.45, 2.75) is 31.8 Å². The number of rotatable bonds is 5. The van der Waals surface area contributed by atoms with Crippen molar-refractivity contribution in [2.75, 3.05) is 6.61 Å². The monoisotopic (exact) mass is 212 g/mol. The minimum absolute atomic E-state index is 0.298. The molecule has 0 aliphatic heterocycles. The fraction of sp³-hybridized carbons (Fsp3) is 0.667. The third-order valence-corrected chi connectivity index (χ3v) is 2.38. The minimum Gasteiger partial charge on any atom is -0.475 e. The molecule has 0 amide bonds. The third-order valence-electron chi connectivity index (χ3n) is 2.38. The SMILES string of the molecule is O=C(O)c1noc(CCOC2CCC2)n1. The van der Waals surface area contributed by atoms with Crippen LogP contribution in [0.5, 0.6) is 0 Å². The molecule has 6 heteroatoms. The molecule has 6 nitrogen and oxygen atoms in total. The molecular weight excluding hydrogens is 200 g/mol. The number of aromatic nitrogens is 2. The molecule has 15 heavy (non-hydrogen) atoms. The molecule has 1 aliphatic rings. The van der Waals surface area contributed by atoms with Crippen LogP contribution in [0, 0.1) is 0 Å². The second kappa shape index (κ2) is 4.39. The van der Waals surface area contributed by atoms with E-state index in [1.54, 1.807) is 0 Å². The van der Waals surface area contributed by atoms with Gasteiger partial charge in [-0.25, -0.2) is 4.79 Å². The van der Waals surface area contributed by atoms with Crippen LogP contribution < -0.4 is 0 Å². The fourth-order valence-electron chi connectivity index (χ4n) is 1.29. The van der Waals surface area contributed by atoms with Crippen LogP contribution >= 0.6 is 0 Å². The Morgan fingerprint density at radius 1 is 1.60 bits per heavy atom. The molecular formula is C9H12N2O4. The predicted octanol–water partition coefficient (Wildman–Crippen LogP) is 0.879. The first-order chi connectivity index (χ1) is 7.25. The van der Waals surface area contributed by atoms with Crippen LogP contribution in [0.15, 0.2) is 4.52 Å². The van der Waals surface area contributed by atoms with Gasteiger partial charge in [0, 0.05) is 0 Å². The van der Waals surface area contributed by atoms with E-state index in [1.807, 2.05) is 0 Å². The molecule has 1 fully saturated rings. The summed E-state index contributed by atoms with van der Waals surface area (Å²) in [6, 6.07) is 0. The van der Waals surface area contributed by atoms with Crippen LogP contribution in [-0.4, -0.2) is 33.9 Å². The summed E-state index contributed by atoms with van der Waals surface area (Å²) in [4.78, 5) is 14.1. The zero-order chi connectivity index (χ0) is 10.7. The smallest absolute Gasteiger partial charge is 0.377 e. The van der Waals surface area contributed by atoms with Crippen LogP contribution in [-0.2, 0) is 11.2 Å². The molecule has 0 bridgehead atoms. The highest BCUT2D eigenvalue weighted by Gasteiger charge is 2.18. The highest BCUT2D eigenvalue weighted by Crippen LogP contribution is 2.21. The summed E-state index contributed by atoms with van der Waals surface area (Å²) in [6.45, 7) is 0.506. The van der Waals surface area contributed by atoms with Gasteiger partial charge in [-0.2, -0.15) is 4.98 Å². The van der Waals surface area contributed by atoms with Crippen molar-refractivity contribution in [1.82, 2.24) is 10.1 Å². The molecule has 1 aromatic heterocycles. The Labute approximate surface area is 86.2 Å². The first kappa shape index (κ1) is 10.1.